The number of carbonyl (C=O) groups excluding carboxylic acids is 1. The van der Waals surface area contributed by atoms with Crippen LogP contribution in [0.15, 0.2) is 78.9 Å². The Morgan fingerprint density at radius 1 is 0.893 bits per heavy atom. The van der Waals surface area contributed by atoms with Crippen molar-refractivity contribution in [2.24, 2.45) is 0 Å². The predicted octanol–water partition coefficient (Wildman–Crippen LogP) is 6.01. The molecule has 0 aliphatic heterocycles. The minimum absolute atomic E-state index is 0.0320. The molecule has 1 N–H and O–H groups in total. The summed E-state index contributed by atoms with van der Waals surface area (Å²) in [4.78, 5) is 12.2. The first-order valence-corrected chi connectivity index (χ1v) is 9.50. The van der Waals surface area contributed by atoms with Gasteiger partial charge in [0.05, 0.1) is 0 Å². The zero-order valence-electron chi connectivity index (χ0n) is 16.2. The molecule has 4 heteroatoms. The first-order chi connectivity index (χ1) is 13.7. The Morgan fingerprint density at radius 3 is 2.25 bits per heavy atom. The van der Waals surface area contributed by atoms with Gasteiger partial charge in [-0.05, 0) is 60.4 Å². The number of ether oxygens (including phenoxy) is 2. The van der Waals surface area contributed by atoms with Crippen LogP contribution >= 0.6 is 0 Å². The lowest BCUT2D eigenvalue weighted by Gasteiger charge is -2.15. The molecule has 3 aromatic rings. The molecule has 0 spiro atoms. The van der Waals surface area contributed by atoms with Crippen LogP contribution in [-0.2, 0) is 4.79 Å². The van der Waals surface area contributed by atoms with Crippen molar-refractivity contribution in [1.82, 2.24) is 0 Å². The number of hydrogen-bond acceptors (Lipinski definition) is 3. The third-order valence-corrected chi connectivity index (χ3v) is 4.54. The SMILES string of the molecule is CCC(C)c1ccccc1OCC(=O)Nc1ccc(Oc2ccccc2)cc1. The normalized spacial score (nSPS) is 11.5. The van der Waals surface area contributed by atoms with Crippen LogP contribution in [0.1, 0.15) is 31.7 Å². The highest BCUT2D eigenvalue weighted by Crippen LogP contribution is 2.28. The summed E-state index contributed by atoms with van der Waals surface area (Å²) in [6.45, 7) is 4.26. The van der Waals surface area contributed by atoms with Crippen molar-refractivity contribution in [3.8, 4) is 17.2 Å². The van der Waals surface area contributed by atoms with Crippen LogP contribution < -0.4 is 14.8 Å². The monoisotopic (exact) mass is 375 g/mol. The van der Waals surface area contributed by atoms with E-state index >= 15 is 0 Å². The third kappa shape index (κ3) is 5.36. The molecule has 3 rings (SSSR count). The predicted molar refractivity (Wildman–Crippen MR) is 112 cm³/mol. The minimum Gasteiger partial charge on any atom is -0.483 e. The molecule has 0 radical (unpaired) electrons. The fourth-order valence-electron chi connectivity index (χ4n) is 2.81. The number of para-hydroxylation sites is 2. The lowest BCUT2D eigenvalue weighted by molar-refractivity contribution is -0.118. The molecule has 0 bridgehead atoms. The van der Waals surface area contributed by atoms with Gasteiger partial charge in [0.2, 0.25) is 0 Å². The second-order valence-electron chi connectivity index (χ2n) is 6.62. The van der Waals surface area contributed by atoms with Gasteiger partial charge >= 0.3 is 0 Å². The molecule has 0 saturated carbocycles. The van der Waals surface area contributed by atoms with Crippen LogP contribution in [-0.4, -0.2) is 12.5 Å². The maximum atomic E-state index is 12.2. The van der Waals surface area contributed by atoms with Crippen molar-refractivity contribution in [1.29, 1.82) is 0 Å². The Labute approximate surface area is 166 Å². The van der Waals surface area contributed by atoms with Gasteiger partial charge in [0.15, 0.2) is 6.61 Å². The maximum absolute atomic E-state index is 12.2. The second kappa shape index (κ2) is 9.60. The van der Waals surface area contributed by atoms with Gasteiger partial charge in [0, 0.05) is 5.69 Å². The molecule has 0 fully saturated rings. The van der Waals surface area contributed by atoms with Gasteiger partial charge in [-0.3, -0.25) is 4.79 Å². The Kier molecular flexibility index (Phi) is 6.68. The summed E-state index contributed by atoms with van der Waals surface area (Å²) in [5, 5.41) is 2.85. The van der Waals surface area contributed by atoms with Gasteiger partial charge in [-0.15, -0.1) is 0 Å². The van der Waals surface area contributed by atoms with Crippen molar-refractivity contribution in [3.05, 3.63) is 84.4 Å². The van der Waals surface area contributed by atoms with Crippen molar-refractivity contribution < 1.29 is 14.3 Å². The molecular weight excluding hydrogens is 350 g/mol. The van der Waals surface area contributed by atoms with E-state index in [0.717, 1.165) is 23.5 Å². The van der Waals surface area contributed by atoms with Gasteiger partial charge in [-0.2, -0.15) is 0 Å². The average molecular weight is 375 g/mol. The largest absolute Gasteiger partial charge is 0.483 e. The quantitative estimate of drug-likeness (QED) is 0.524. The number of benzene rings is 3. The number of nitrogens with one attached hydrogen (secondary N) is 1. The fraction of sp³-hybridized carbons (Fsp3) is 0.208. The van der Waals surface area contributed by atoms with Crippen LogP contribution in [0.25, 0.3) is 0 Å². The average Bonchev–Trinajstić information content (AvgIpc) is 2.74. The summed E-state index contributed by atoms with van der Waals surface area (Å²) in [6, 6.07) is 24.7. The third-order valence-electron chi connectivity index (χ3n) is 4.54. The van der Waals surface area contributed by atoms with Crippen molar-refractivity contribution in [2.45, 2.75) is 26.2 Å². The molecular formula is C24H25NO3. The van der Waals surface area contributed by atoms with E-state index < -0.39 is 0 Å². The van der Waals surface area contributed by atoms with Crippen LogP contribution in [0.2, 0.25) is 0 Å². The lowest BCUT2D eigenvalue weighted by atomic mass is 9.98. The molecule has 1 atom stereocenters. The summed E-state index contributed by atoms with van der Waals surface area (Å²) in [6.07, 6.45) is 1.02. The van der Waals surface area contributed by atoms with E-state index in [1.807, 2.05) is 78.9 Å². The van der Waals surface area contributed by atoms with Crippen molar-refractivity contribution in [3.63, 3.8) is 0 Å². The Bertz CT molecular complexity index is 891. The molecule has 4 nitrogen and oxygen atoms in total. The Balaban J connectivity index is 1.54. The van der Waals surface area contributed by atoms with Crippen molar-refractivity contribution in [2.75, 3.05) is 11.9 Å². The maximum Gasteiger partial charge on any atom is 0.262 e. The summed E-state index contributed by atoms with van der Waals surface area (Å²) in [5.41, 5.74) is 1.82. The van der Waals surface area contributed by atoms with Gasteiger partial charge < -0.3 is 14.8 Å². The van der Waals surface area contributed by atoms with Gasteiger partial charge in [-0.1, -0.05) is 50.2 Å². The number of anilines is 1. The van der Waals surface area contributed by atoms with E-state index in [1.165, 1.54) is 0 Å². The van der Waals surface area contributed by atoms with Crippen LogP contribution in [0, 0.1) is 0 Å². The smallest absolute Gasteiger partial charge is 0.262 e. The highest BCUT2D eigenvalue weighted by molar-refractivity contribution is 5.91. The standard InChI is InChI=1S/C24H25NO3/c1-3-18(2)22-11-7-8-12-23(22)27-17-24(26)25-19-13-15-21(16-14-19)28-20-9-5-4-6-10-20/h4-16,18H,3,17H2,1-2H3,(H,25,26). The van der Waals surface area contributed by atoms with E-state index in [-0.39, 0.29) is 12.5 Å². The minimum atomic E-state index is -0.198. The van der Waals surface area contributed by atoms with E-state index in [0.29, 0.717) is 17.4 Å². The highest BCUT2D eigenvalue weighted by Gasteiger charge is 2.11. The second-order valence-corrected chi connectivity index (χ2v) is 6.62. The zero-order chi connectivity index (χ0) is 19.8. The van der Waals surface area contributed by atoms with E-state index in [9.17, 15) is 4.79 Å². The first kappa shape index (κ1) is 19.5. The zero-order valence-corrected chi connectivity index (χ0v) is 16.2. The van der Waals surface area contributed by atoms with Crippen LogP contribution in [0.3, 0.4) is 0 Å². The Morgan fingerprint density at radius 2 is 1.54 bits per heavy atom. The summed E-state index contributed by atoms with van der Waals surface area (Å²) >= 11 is 0. The summed E-state index contributed by atoms with van der Waals surface area (Å²) < 4.78 is 11.5. The molecule has 0 saturated heterocycles. The van der Waals surface area contributed by atoms with E-state index in [4.69, 9.17) is 9.47 Å². The van der Waals surface area contributed by atoms with Crippen LogP contribution in [0.4, 0.5) is 5.69 Å². The topological polar surface area (TPSA) is 47.6 Å². The molecule has 0 aliphatic carbocycles. The number of hydrogen-bond donors (Lipinski definition) is 1. The molecule has 0 heterocycles. The van der Waals surface area contributed by atoms with Gasteiger partial charge in [-0.25, -0.2) is 0 Å². The molecule has 3 aromatic carbocycles. The van der Waals surface area contributed by atoms with Gasteiger partial charge in [0.1, 0.15) is 17.2 Å². The number of amides is 1. The first-order valence-electron chi connectivity index (χ1n) is 9.50. The molecule has 0 aromatic heterocycles. The number of carbonyl (C=O) groups is 1. The van der Waals surface area contributed by atoms with Crippen molar-refractivity contribution >= 4 is 11.6 Å². The van der Waals surface area contributed by atoms with Gasteiger partial charge in [0.25, 0.3) is 5.91 Å². The lowest BCUT2D eigenvalue weighted by Crippen LogP contribution is -2.20. The van der Waals surface area contributed by atoms with Crippen LogP contribution in [0.5, 0.6) is 17.2 Å². The molecule has 144 valence electrons. The molecule has 0 aliphatic rings. The van der Waals surface area contributed by atoms with E-state index in [2.05, 4.69) is 19.2 Å². The summed E-state index contributed by atoms with van der Waals surface area (Å²) in [7, 11) is 0. The van der Waals surface area contributed by atoms with E-state index in [1.54, 1.807) is 0 Å². The Hall–Kier alpha value is -3.27. The molecule has 28 heavy (non-hydrogen) atoms. The summed E-state index contributed by atoms with van der Waals surface area (Å²) in [5.74, 6) is 2.43. The highest BCUT2D eigenvalue weighted by atomic mass is 16.5. The molecule has 1 amide bonds. The number of rotatable bonds is 8. The molecule has 1 unspecified atom stereocenters. The fourth-order valence-corrected chi connectivity index (χ4v) is 2.81.